The summed E-state index contributed by atoms with van der Waals surface area (Å²) in [6.07, 6.45) is 0.537. The van der Waals surface area contributed by atoms with E-state index in [0.717, 1.165) is 21.4 Å². The first-order valence-electron chi connectivity index (χ1n) is 5.39. The lowest BCUT2D eigenvalue weighted by Crippen LogP contribution is -2.11. The molecule has 0 saturated carbocycles. The number of carbonyl (C=O) groups is 1. The predicted molar refractivity (Wildman–Crippen MR) is 68.9 cm³/mol. The lowest BCUT2D eigenvalue weighted by Gasteiger charge is -2.07. The van der Waals surface area contributed by atoms with Crippen LogP contribution in [0.15, 0.2) is 23.6 Å². The van der Waals surface area contributed by atoms with Gasteiger partial charge in [-0.2, -0.15) is 0 Å². The number of thiophene rings is 1. The number of ether oxygens (including phenoxy) is 1. The molecule has 2 aromatic rings. The fraction of sp³-hybridized carbons (Fsp3) is 0.308. The quantitative estimate of drug-likeness (QED) is 0.906. The molecule has 0 saturated heterocycles. The number of fused-ring (bicyclic) bond motifs is 1. The van der Waals surface area contributed by atoms with Crippen molar-refractivity contribution in [2.45, 2.75) is 13.3 Å². The molecule has 0 amide bonds. The van der Waals surface area contributed by atoms with Crippen molar-refractivity contribution >= 4 is 27.4 Å². The predicted octanol–water partition coefficient (Wildman–Crippen LogP) is 3.17. The Morgan fingerprint density at radius 3 is 2.94 bits per heavy atom. The van der Waals surface area contributed by atoms with Gasteiger partial charge in [0.15, 0.2) is 0 Å². The van der Waals surface area contributed by atoms with Crippen molar-refractivity contribution in [1.82, 2.24) is 0 Å². The fourth-order valence-electron chi connectivity index (χ4n) is 1.86. The molecule has 1 atom stereocenters. The number of methoxy groups -OCH3 is 1. The van der Waals surface area contributed by atoms with Gasteiger partial charge in [-0.15, -0.1) is 11.3 Å². The average Bonchev–Trinajstić information content (AvgIpc) is 2.72. The second-order valence-corrected chi connectivity index (χ2v) is 4.95. The number of aliphatic carboxylic acids is 1. The van der Waals surface area contributed by atoms with Crippen molar-refractivity contribution in [3.63, 3.8) is 0 Å². The van der Waals surface area contributed by atoms with Crippen LogP contribution < -0.4 is 4.74 Å². The van der Waals surface area contributed by atoms with Gasteiger partial charge in [-0.25, -0.2) is 0 Å². The molecule has 1 aromatic carbocycles. The minimum absolute atomic E-state index is 0.377. The Morgan fingerprint density at radius 1 is 1.53 bits per heavy atom. The smallest absolute Gasteiger partial charge is 0.306 e. The van der Waals surface area contributed by atoms with Gasteiger partial charge in [0.25, 0.3) is 0 Å². The fourth-order valence-corrected chi connectivity index (χ4v) is 2.85. The highest BCUT2D eigenvalue weighted by Gasteiger charge is 2.16. The summed E-state index contributed by atoms with van der Waals surface area (Å²) in [5.74, 6) is -0.326. The van der Waals surface area contributed by atoms with E-state index in [1.54, 1.807) is 25.4 Å². The molecular formula is C13H14O3S. The van der Waals surface area contributed by atoms with Gasteiger partial charge in [0.05, 0.1) is 13.0 Å². The minimum Gasteiger partial charge on any atom is -0.496 e. The summed E-state index contributed by atoms with van der Waals surface area (Å²) in [4.78, 5) is 10.9. The molecule has 0 aliphatic rings. The third-order valence-electron chi connectivity index (χ3n) is 2.80. The van der Waals surface area contributed by atoms with Gasteiger partial charge in [0.1, 0.15) is 5.75 Å². The van der Waals surface area contributed by atoms with Crippen LogP contribution >= 0.6 is 11.3 Å². The molecule has 0 fully saturated rings. The first kappa shape index (κ1) is 11.9. The first-order valence-corrected chi connectivity index (χ1v) is 6.27. The maximum absolute atomic E-state index is 10.9. The molecule has 4 heteroatoms. The van der Waals surface area contributed by atoms with Crippen LogP contribution in [0, 0.1) is 5.92 Å². The summed E-state index contributed by atoms with van der Waals surface area (Å²) in [5.41, 5.74) is 1.05. The molecule has 0 radical (unpaired) electrons. The van der Waals surface area contributed by atoms with Crippen LogP contribution in [0.25, 0.3) is 10.1 Å². The lowest BCUT2D eigenvalue weighted by molar-refractivity contribution is -0.141. The van der Waals surface area contributed by atoms with Gasteiger partial charge < -0.3 is 9.84 Å². The van der Waals surface area contributed by atoms with Crippen molar-refractivity contribution in [3.05, 3.63) is 29.1 Å². The average molecular weight is 250 g/mol. The molecule has 1 unspecified atom stereocenters. The highest BCUT2D eigenvalue weighted by molar-refractivity contribution is 7.17. The number of benzene rings is 1. The molecule has 17 heavy (non-hydrogen) atoms. The topological polar surface area (TPSA) is 46.5 Å². The standard InChI is InChI=1S/C13H14O3S/c1-8(13(14)15)6-9-7-17-11-5-3-4-10(16-2)12(9)11/h3-5,7-8H,6H2,1-2H3,(H,14,15). The number of hydrogen-bond acceptors (Lipinski definition) is 3. The maximum Gasteiger partial charge on any atom is 0.306 e. The van der Waals surface area contributed by atoms with Crippen LogP contribution in [0.5, 0.6) is 5.75 Å². The second-order valence-electron chi connectivity index (χ2n) is 4.04. The number of rotatable bonds is 4. The van der Waals surface area contributed by atoms with Gasteiger partial charge in [-0.1, -0.05) is 13.0 Å². The molecule has 3 nitrogen and oxygen atoms in total. The van der Waals surface area contributed by atoms with Gasteiger partial charge in [0.2, 0.25) is 0 Å². The molecule has 1 N–H and O–H groups in total. The summed E-state index contributed by atoms with van der Waals surface area (Å²) < 4.78 is 6.46. The molecule has 2 rings (SSSR count). The number of hydrogen-bond donors (Lipinski definition) is 1. The maximum atomic E-state index is 10.9. The Balaban J connectivity index is 2.44. The number of carboxylic acid groups (broad SMARTS) is 1. The van der Waals surface area contributed by atoms with E-state index in [0.29, 0.717) is 6.42 Å². The minimum atomic E-state index is -0.765. The van der Waals surface area contributed by atoms with E-state index in [4.69, 9.17) is 9.84 Å². The van der Waals surface area contributed by atoms with E-state index >= 15 is 0 Å². The second kappa shape index (κ2) is 4.75. The molecule has 0 bridgehead atoms. The largest absolute Gasteiger partial charge is 0.496 e. The normalized spacial score (nSPS) is 12.6. The zero-order valence-electron chi connectivity index (χ0n) is 9.77. The van der Waals surface area contributed by atoms with E-state index < -0.39 is 5.97 Å². The van der Waals surface area contributed by atoms with E-state index in [1.807, 2.05) is 23.6 Å². The van der Waals surface area contributed by atoms with Crippen molar-refractivity contribution in [2.24, 2.45) is 5.92 Å². The summed E-state index contributed by atoms with van der Waals surface area (Å²) >= 11 is 1.62. The zero-order chi connectivity index (χ0) is 12.4. The van der Waals surface area contributed by atoms with Gasteiger partial charge in [-0.3, -0.25) is 4.79 Å². The molecule has 0 aliphatic heterocycles. The first-order chi connectivity index (χ1) is 8.13. The SMILES string of the molecule is COc1cccc2scc(CC(C)C(=O)O)c12. The Morgan fingerprint density at radius 2 is 2.29 bits per heavy atom. The van der Waals surface area contributed by atoms with Crippen LogP contribution in [0.1, 0.15) is 12.5 Å². The van der Waals surface area contributed by atoms with Crippen LogP contribution in [0.3, 0.4) is 0 Å². The van der Waals surface area contributed by atoms with Gasteiger partial charge in [0, 0.05) is 10.1 Å². The Hall–Kier alpha value is -1.55. The molecule has 90 valence electrons. The Labute approximate surface area is 104 Å². The Kier molecular flexibility index (Phi) is 3.33. The van der Waals surface area contributed by atoms with Crippen molar-refractivity contribution in [3.8, 4) is 5.75 Å². The lowest BCUT2D eigenvalue weighted by atomic mass is 10.0. The highest BCUT2D eigenvalue weighted by Crippen LogP contribution is 2.34. The van der Waals surface area contributed by atoms with E-state index in [1.165, 1.54) is 0 Å². The zero-order valence-corrected chi connectivity index (χ0v) is 10.6. The van der Waals surface area contributed by atoms with Crippen LogP contribution in [0.2, 0.25) is 0 Å². The highest BCUT2D eigenvalue weighted by atomic mass is 32.1. The van der Waals surface area contributed by atoms with Crippen LogP contribution in [-0.2, 0) is 11.2 Å². The monoisotopic (exact) mass is 250 g/mol. The van der Waals surface area contributed by atoms with Crippen LogP contribution in [-0.4, -0.2) is 18.2 Å². The van der Waals surface area contributed by atoms with Crippen molar-refractivity contribution in [2.75, 3.05) is 7.11 Å². The molecule has 1 aromatic heterocycles. The Bertz CT molecular complexity index is 545. The molecule has 0 aliphatic carbocycles. The summed E-state index contributed by atoms with van der Waals surface area (Å²) in [6, 6.07) is 5.88. The molecule has 0 spiro atoms. The molecular weight excluding hydrogens is 236 g/mol. The number of carboxylic acids is 1. The summed E-state index contributed by atoms with van der Waals surface area (Å²) in [6.45, 7) is 1.72. The third kappa shape index (κ3) is 2.26. The van der Waals surface area contributed by atoms with Crippen LogP contribution in [0.4, 0.5) is 0 Å². The van der Waals surface area contributed by atoms with Crippen molar-refractivity contribution in [1.29, 1.82) is 0 Å². The third-order valence-corrected chi connectivity index (χ3v) is 3.80. The van der Waals surface area contributed by atoms with E-state index in [9.17, 15) is 4.79 Å². The van der Waals surface area contributed by atoms with Crippen molar-refractivity contribution < 1.29 is 14.6 Å². The van der Waals surface area contributed by atoms with Gasteiger partial charge in [-0.05, 0) is 29.5 Å². The summed E-state index contributed by atoms with van der Waals surface area (Å²) in [5, 5.41) is 12.0. The molecule has 1 heterocycles. The summed E-state index contributed by atoms with van der Waals surface area (Å²) in [7, 11) is 1.64. The van der Waals surface area contributed by atoms with E-state index in [-0.39, 0.29) is 5.92 Å². The van der Waals surface area contributed by atoms with E-state index in [2.05, 4.69) is 0 Å². The van der Waals surface area contributed by atoms with Gasteiger partial charge >= 0.3 is 5.97 Å².